The topological polar surface area (TPSA) is 58.1 Å². The van der Waals surface area contributed by atoms with Crippen LogP contribution in [0.1, 0.15) is 22.3 Å². The first kappa shape index (κ1) is 25.4. The van der Waals surface area contributed by atoms with Crippen molar-refractivity contribution in [3.63, 3.8) is 0 Å². The molecule has 3 rings (SSSR count). The highest BCUT2D eigenvalue weighted by Gasteiger charge is 2.12. The van der Waals surface area contributed by atoms with Crippen molar-refractivity contribution in [1.82, 2.24) is 15.5 Å². The summed E-state index contributed by atoms with van der Waals surface area (Å²) < 4.78 is 11.3. The summed E-state index contributed by atoms with van der Waals surface area (Å²) in [5, 5.41) is 6.75. The smallest absolute Gasteiger partial charge is 0.191 e. The van der Waals surface area contributed by atoms with Crippen LogP contribution < -0.4 is 15.4 Å². The second kappa shape index (κ2) is 13.5. The highest BCUT2D eigenvalue weighted by atomic mass is 127. The Kier molecular flexibility index (Phi) is 11.1. The van der Waals surface area contributed by atoms with Gasteiger partial charge in [0, 0.05) is 33.2 Å². The van der Waals surface area contributed by atoms with E-state index in [1.54, 1.807) is 7.05 Å². The Morgan fingerprint density at radius 1 is 1.03 bits per heavy atom. The quantitative estimate of drug-likeness (QED) is 0.233. The third-order valence-corrected chi connectivity index (χ3v) is 5.14. The second-order valence-corrected chi connectivity index (χ2v) is 7.68. The maximum Gasteiger partial charge on any atom is 0.191 e. The molecule has 1 saturated heterocycles. The first-order valence-corrected chi connectivity index (χ1v) is 10.7. The number of hydrogen-bond acceptors (Lipinski definition) is 4. The molecule has 0 aliphatic carbocycles. The van der Waals surface area contributed by atoms with Crippen molar-refractivity contribution in [2.45, 2.75) is 26.9 Å². The molecule has 2 aromatic carbocycles. The van der Waals surface area contributed by atoms with Gasteiger partial charge in [0.15, 0.2) is 5.96 Å². The molecule has 0 saturated carbocycles. The van der Waals surface area contributed by atoms with Gasteiger partial charge in [-0.25, -0.2) is 0 Å². The Hall–Kier alpha value is -1.84. The average Bonchev–Trinajstić information content (AvgIpc) is 2.74. The summed E-state index contributed by atoms with van der Waals surface area (Å²) in [6.45, 7) is 10.7. The highest BCUT2D eigenvalue weighted by molar-refractivity contribution is 14.0. The summed E-state index contributed by atoms with van der Waals surface area (Å²) in [5.74, 6) is 1.69. The number of guanidine groups is 1. The lowest BCUT2D eigenvalue weighted by atomic mass is 10.1. The van der Waals surface area contributed by atoms with Crippen LogP contribution in [0.15, 0.2) is 47.5 Å². The van der Waals surface area contributed by atoms with Crippen molar-refractivity contribution in [3.8, 4) is 5.75 Å². The van der Waals surface area contributed by atoms with Crippen LogP contribution in [0.4, 0.5) is 0 Å². The van der Waals surface area contributed by atoms with E-state index in [4.69, 9.17) is 9.47 Å². The maximum absolute atomic E-state index is 5.87. The summed E-state index contributed by atoms with van der Waals surface area (Å²) in [5.41, 5.74) is 5.07. The zero-order valence-electron chi connectivity index (χ0n) is 18.8. The van der Waals surface area contributed by atoms with Gasteiger partial charge in [-0.05, 0) is 48.2 Å². The van der Waals surface area contributed by atoms with E-state index in [2.05, 4.69) is 76.8 Å². The predicted molar refractivity (Wildman–Crippen MR) is 138 cm³/mol. The van der Waals surface area contributed by atoms with Crippen molar-refractivity contribution < 1.29 is 9.47 Å². The van der Waals surface area contributed by atoms with Crippen LogP contribution in [-0.4, -0.2) is 57.4 Å². The predicted octanol–water partition coefficient (Wildman–Crippen LogP) is 3.50. The zero-order chi connectivity index (χ0) is 21.2. The molecule has 31 heavy (non-hydrogen) atoms. The van der Waals surface area contributed by atoms with Crippen molar-refractivity contribution in [2.24, 2.45) is 4.99 Å². The Bertz CT molecular complexity index is 818. The molecule has 7 heteroatoms. The second-order valence-electron chi connectivity index (χ2n) is 7.68. The van der Waals surface area contributed by atoms with Gasteiger partial charge in [0.05, 0.1) is 19.8 Å². The molecule has 2 aromatic rings. The van der Waals surface area contributed by atoms with Crippen molar-refractivity contribution in [3.05, 3.63) is 64.7 Å². The Balaban J connectivity index is 0.00000341. The summed E-state index contributed by atoms with van der Waals surface area (Å²) in [6.07, 6.45) is 0. The number of nitrogens with one attached hydrogen (secondary N) is 2. The number of halogens is 1. The largest absolute Gasteiger partial charge is 0.492 e. The number of aliphatic imine (C=N–C) groups is 1. The van der Waals surface area contributed by atoms with Gasteiger partial charge < -0.3 is 20.1 Å². The van der Waals surface area contributed by atoms with Crippen LogP contribution in [0, 0.1) is 13.8 Å². The fourth-order valence-electron chi connectivity index (χ4n) is 3.64. The number of rotatable bonds is 8. The molecule has 1 aliphatic heterocycles. The van der Waals surface area contributed by atoms with E-state index in [9.17, 15) is 0 Å². The van der Waals surface area contributed by atoms with E-state index < -0.39 is 0 Å². The standard InChI is InChI=1S/C24H34N4O2.HI/c1-19-14-20(2)16-23(15-19)30-11-8-26-24(25-3)27-17-21-6-4-5-7-22(21)18-28-9-12-29-13-10-28;/h4-7,14-16H,8-13,17-18H2,1-3H3,(H2,25,26,27);1H. The third-order valence-electron chi connectivity index (χ3n) is 5.14. The fraction of sp³-hybridized carbons (Fsp3) is 0.458. The van der Waals surface area contributed by atoms with Gasteiger partial charge in [-0.2, -0.15) is 0 Å². The molecule has 1 fully saturated rings. The normalized spacial score (nSPS) is 14.6. The number of benzene rings is 2. The summed E-state index contributed by atoms with van der Waals surface area (Å²) >= 11 is 0. The van der Waals surface area contributed by atoms with Gasteiger partial charge in [-0.1, -0.05) is 30.3 Å². The van der Waals surface area contributed by atoms with Gasteiger partial charge in [0.25, 0.3) is 0 Å². The van der Waals surface area contributed by atoms with E-state index in [0.717, 1.165) is 51.1 Å². The van der Waals surface area contributed by atoms with Crippen LogP contribution >= 0.6 is 24.0 Å². The average molecular weight is 538 g/mol. The van der Waals surface area contributed by atoms with E-state index in [1.807, 2.05) is 0 Å². The first-order valence-electron chi connectivity index (χ1n) is 10.7. The van der Waals surface area contributed by atoms with Gasteiger partial charge in [-0.3, -0.25) is 9.89 Å². The first-order chi connectivity index (χ1) is 14.6. The molecule has 1 aliphatic rings. The van der Waals surface area contributed by atoms with Crippen molar-refractivity contribution in [2.75, 3.05) is 46.5 Å². The lowest BCUT2D eigenvalue weighted by molar-refractivity contribution is 0.0341. The molecular weight excluding hydrogens is 503 g/mol. The molecular formula is C24H35IN4O2. The molecule has 170 valence electrons. The maximum atomic E-state index is 5.87. The Morgan fingerprint density at radius 3 is 2.39 bits per heavy atom. The molecule has 0 spiro atoms. The fourth-order valence-corrected chi connectivity index (χ4v) is 3.64. The number of aryl methyl sites for hydroxylation is 2. The Morgan fingerprint density at radius 2 is 1.71 bits per heavy atom. The highest BCUT2D eigenvalue weighted by Crippen LogP contribution is 2.16. The monoisotopic (exact) mass is 538 g/mol. The number of morpholine rings is 1. The Labute approximate surface area is 203 Å². The van der Waals surface area contributed by atoms with Gasteiger partial charge >= 0.3 is 0 Å². The lowest BCUT2D eigenvalue weighted by Gasteiger charge is -2.27. The van der Waals surface area contributed by atoms with Crippen molar-refractivity contribution in [1.29, 1.82) is 0 Å². The number of nitrogens with zero attached hydrogens (tertiary/aromatic N) is 2. The van der Waals surface area contributed by atoms with E-state index in [0.29, 0.717) is 13.2 Å². The van der Waals surface area contributed by atoms with E-state index in [-0.39, 0.29) is 24.0 Å². The number of ether oxygens (including phenoxy) is 2. The molecule has 1 heterocycles. The van der Waals surface area contributed by atoms with Gasteiger partial charge in [-0.15, -0.1) is 24.0 Å². The molecule has 0 aromatic heterocycles. The molecule has 0 amide bonds. The minimum Gasteiger partial charge on any atom is -0.492 e. The summed E-state index contributed by atoms with van der Waals surface area (Å²) in [4.78, 5) is 6.78. The summed E-state index contributed by atoms with van der Waals surface area (Å²) in [7, 11) is 1.79. The summed E-state index contributed by atoms with van der Waals surface area (Å²) in [6, 6.07) is 14.9. The zero-order valence-corrected chi connectivity index (χ0v) is 21.1. The molecule has 0 atom stereocenters. The van der Waals surface area contributed by atoms with Crippen LogP contribution in [0.3, 0.4) is 0 Å². The van der Waals surface area contributed by atoms with Crippen LogP contribution in [0.25, 0.3) is 0 Å². The molecule has 6 nitrogen and oxygen atoms in total. The third kappa shape index (κ3) is 8.66. The van der Waals surface area contributed by atoms with E-state index in [1.165, 1.54) is 22.3 Å². The molecule has 0 unspecified atom stereocenters. The minimum atomic E-state index is 0. The SMILES string of the molecule is CN=C(NCCOc1cc(C)cc(C)c1)NCc1ccccc1CN1CCOCC1.I. The van der Waals surface area contributed by atoms with Gasteiger partial charge in [0.2, 0.25) is 0 Å². The molecule has 0 radical (unpaired) electrons. The minimum absolute atomic E-state index is 0. The molecule has 2 N–H and O–H groups in total. The van der Waals surface area contributed by atoms with Crippen LogP contribution in [-0.2, 0) is 17.8 Å². The van der Waals surface area contributed by atoms with E-state index >= 15 is 0 Å². The lowest BCUT2D eigenvalue weighted by Crippen LogP contribution is -2.39. The van der Waals surface area contributed by atoms with Gasteiger partial charge in [0.1, 0.15) is 12.4 Å². The molecule has 0 bridgehead atoms. The van der Waals surface area contributed by atoms with Crippen LogP contribution in [0.5, 0.6) is 5.75 Å². The van der Waals surface area contributed by atoms with Crippen molar-refractivity contribution >= 4 is 29.9 Å². The van der Waals surface area contributed by atoms with Crippen LogP contribution in [0.2, 0.25) is 0 Å². The number of hydrogen-bond donors (Lipinski definition) is 2.